The van der Waals surface area contributed by atoms with Crippen molar-refractivity contribution < 1.29 is 38.0 Å². The van der Waals surface area contributed by atoms with Crippen LogP contribution in [0.25, 0.3) is 0 Å². The minimum Gasteiger partial charge on any atom is -0.463 e. The Bertz CT molecular complexity index is 563. The highest BCUT2D eigenvalue weighted by molar-refractivity contribution is 5.69. The Morgan fingerprint density at radius 3 is 0.913 bits per heavy atom. The van der Waals surface area contributed by atoms with Crippen LogP contribution in [0.5, 0.6) is 0 Å². The molecule has 0 atom stereocenters. The van der Waals surface area contributed by atoms with Crippen molar-refractivity contribution in [2.75, 3.05) is 85.9 Å². The monoisotopic (exact) mass is 661 g/mol. The molecule has 0 saturated heterocycles. The summed E-state index contributed by atoms with van der Waals surface area (Å²) in [4.78, 5) is 11.6. The first-order chi connectivity index (χ1) is 22.8. The van der Waals surface area contributed by atoms with E-state index in [0.717, 1.165) is 25.9 Å². The van der Waals surface area contributed by atoms with Gasteiger partial charge in [0.1, 0.15) is 6.61 Å². The highest BCUT2D eigenvalue weighted by Crippen LogP contribution is 2.13. The van der Waals surface area contributed by atoms with E-state index in [0.29, 0.717) is 85.7 Å². The fourth-order valence-electron chi connectivity index (χ4n) is 5.11. The van der Waals surface area contributed by atoms with E-state index < -0.39 is 0 Å². The topological polar surface area (TPSA) is 81.7 Å². The van der Waals surface area contributed by atoms with Crippen LogP contribution in [0, 0.1) is 0 Å². The SMILES string of the molecule is CCCCCCCCCCCCCCCCCCOCCOCCOCCOCCOCCOCCOC(=O)CCCCCCC. The molecule has 0 aliphatic carbocycles. The molecule has 0 bridgehead atoms. The number of ether oxygens (including phenoxy) is 7. The predicted molar refractivity (Wildman–Crippen MR) is 189 cm³/mol. The van der Waals surface area contributed by atoms with E-state index in [2.05, 4.69) is 13.8 Å². The highest BCUT2D eigenvalue weighted by atomic mass is 16.6. The molecule has 0 aliphatic rings. The molecule has 0 aromatic heterocycles. The molecule has 0 unspecified atom stereocenters. The number of unbranched alkanes of at least 4 members (excludes halogenated alkanes) is 19. The second kappa shape index (κ2) is 42.3. The quantitative estimate of drug-likeness (QED) is 0.0474. The summed E-state index contributed by atoms with van der Waals surface area (Å²) in [7, 11) is 0. The van der Waals surface area contributed by atoms with E-state index in [9.17, 15) is 4.79 Å². The van der Waals surface area contributed by atoms with Crippen LogP contribution in [0.4, 0.5) is 0 Å². The van der Waals surface area contributed by atoms with E-state index in [1.807, 2.05) is 0 Å². The molecule has 0 saturated carbocycles. The van der Waals surface area contributed by atoms with Gasteiger partial charge in [0.2, 0.25) is 0 Å². The Labute approximate surface area is 284 Å². The summed E-state index contributed by atoms with van der Waals surface area (Å²) in [5.41, 5.74) is 0. The molecule has 0 rings (SSSR count). The third-order valence-electron chi connectivity index (χ3n) is 7.98. The highest BCUT2D eigenvalue weighted by Gasteiger charge is 2.02. The van der Waals surface area contributed by atoms with Gasteiger partial charge in [-0.1, -0.05) is 136 Å². The molecule has 276 valence electrons. The van der Waals surface area contributed by atoms with Gasteiger partial charge < -0.3 is 33.2 Å². The van der Waals surface area contributed by atoms with Crippen molar-refractivity contribution in [1.82, 2.24) is 0 Å². The van der Waals surface area contributed by atoms with Gasteiger partial charge in [-0.25, -0.2) is 0 Å². The van der Waals surface area contributed by atoms with Crippen molar-refractivity contribution >= 4 is 5.97 Å². The van der Waals surface area contributed by atoms with Crippen LogP contribution in [-0.2, 0) is 38.0 Å². The normalized spacial score (nSPS) is 11.4. The number of hydrogen-bond donors (Lipinski definition) is 0. The van der Waals surface area contributed by atoms with Crippen LogP contribution in [0.2, 0.25) is 0 Å². The van der Waals surface area contributed by atoms with Gasteiger partial charge in [-0.2, -0.15) is 0 Å². The first-order valence-corrected chi connectivity index (χ1v) is 19.4. The smallest absolute Gasteiger partial charge is 0.305 e. The van der Waals surface area contributed by atoms with Gasteiger partial charge in [-0.05, 0) is 12.8 Å². The lowest BCUT2D eigenvalue weighted by Crippen LogP contribution is -2.15. The first-order valence-electron chi connectivity index (χ1n) is 19.4. The molecule has 0 radical (unpaired) electrons. The molecule has 8 heteroatoms. The van der Waals surface area contributed by atoms with Gasteiger partial charge in [-0.15, -0.1) is 0 Å². The molecule has 0 amide bonds. The number of carbonyl (C=O) groups is 1. The van der Waals surface area contributed by atoms with Crippen LogP contribution in [0.1, 0.15) is 155 Å². The predicted octanol–water partition coefficient (Wildman–Crippen LogP) is 9.25. The zero-order valence-corrected chi connectivity index (χ0v) is 30.5. The van der Waals surface area contributed by atoms with Crippen molar-refractivity contribution in [3.8, 4) is 0 Å². The van der Waals surface area contributed by atoms with Gasteiger partial charge in [0.15, 0.2) is 0 Å². The van der Waals surface area contributed by atoms with Gasteiger partial charge in [0, 0.05) is 13.0 Å². The summed E-state index contributed by atoms with van der Waals surface area (Å²) in [6, 6.07) is 0. The minimum atomic E-state index is -0.134. The lowest BCUT2D eigenvalue weighted by Gasteiger charge is -2.08. The Hall–Kier alpha value is -0.770. The number of hydrogen-bond acceptors (Lipinski definition) is 8. The molecule has 46 heavy (non-hydrogen) atoms. The summed E-state index contributed by atoms with van der Waals surface area (Å²) >= 11 is 0. The van der Waals surface area contributed by atoms with Gasteiger partial charge in [-0.3, -0.25) is 4.79 Å². The lowest BCUT2D eigenvalue weighted by molar-refractivity contribution is -0.145. The largest absolute Gasteiger partial charge is 0.463 e. The standard InChI is InChI=1S/C38H76O8/c1-3-5-7-9-10-11-12-13-14-15-16-17-18-19-21-23-25-40-26-27-41-28-29-42-30-31-43-32-33-44-34-35-45-36-37-46-38(39)24-22-20-8-6-4-2/h3-37H2,1-2H3. The zero-order valence-electron chi connectivity index (χ0n) is 30.5. The second-order valence-electron chi connectivity index (χ2n) is 12.4. The molecular formula is C38H76O8. The van der Waals surface area contributed by atoms with E-state index in [-0.39, 0.29) is 5.97 Å². The van der Waals surface area contributed by atoms with E-state index >= 15 is 0 Å². The zero-order chi connectivity index (χ0) is 33.3. The summed E-state index contributed by atoms with van der Waals surface area (Å²) in [6.07, 6.45) is 28.4. The second-order valence-corrected chi connectivity index (χ2v) is 12.4. The minimum absolute atomic E-state index is 0.134. The molecular weight excluding hydrogens is 584 g/mol. The number of rotatable bonds is 41. The Balaban J connectivity index is 3.08. The average Bonchev–Trinajstić information content (AvgIpc) is 3.06. The summed E-state index contributed by atoms with van der Waals surface area (Å²) in [5, 5.41) is 0. The fourth-order valence-corrected chi connectivity index (χ4v) is 5.11. The Kier molecular flexibility index (Phi) is 41.5. The molecule has 0 fully saturated rings. The van der Waals surface area contributed by atoms with E-state index in [4.69, 9.17) is 33.2 Å². The fraction of sp³-hybridized carbons (Fsp3) is 0.974. The van der Waals surface area contributed by atoms with Crippen molar-refractivity contribution in [3.63, 3.8) is 0 Å². The molecule has 0 aromatic carbocycles. The van der Waals surface area contributed by atoms with Crippen LogP contribution in [0.3, 0.4) is 0 Å². The van der Waals surface area contributed by atoms with Crippen LogP contribution in [0.15, 0.2) is 0 Å². The summed E-state index contributed by atoms with van der Waals surface area (Å²) in [6.45, 7) is 11.5. The van der Waals surface area contributed by atoms with Gasteiger partial charge in [0.25, 0.3) is 0 Å². The molecule has 0 N–H and O–H groups in total. The molecule has 0 heterocycles. The third kappa shape index (κ3) is 41.3. The van der Waals surface area contributed by atoms with Crippen LogP contribution < -0.4 is 0 Å². The molecule has 8 nitrogen and oxygen atoms in total. The van der Waals surface area contributed by atoms with Crippen molar-refractivity contribution in [2.24, 2.45) is 0 Å². The Morgan fingerprint density at radius 1 is 0.304 bits per heavy atom. The third-order valence-corrected chi connectivity index (χ3v) is 7.98. The molecule has 0 aliphatic heterocycles. The van der Waals surface area contributed by atoms with Crippen molar-refractivity contribution in [2.45, 2.75) is 155 Å². The molecule has 0 aromatic rings. The maximum absolute atomic E-state index is 11.6. The molecule has 0 spiro atoms. The van der Waals surface area contributed by atoms with E-state index in [1.54, 1.807) is 0 Å². The maximum Gasteiger partial charge on any atom is 0.305 e. The van der Waals surface area contributed by atoms with Crippen molar-refractivity contribution in [1.29, 1.82) is 0 Å². The van der Waals surface area contributed by atoms with Crippen LogP contribution >= 0.6 is 0 Å². The summed E-state index contributed by atoms with van der Waals surface area (Å²) < 4.78 is 38.3. The Morgan fingerprint density at radius 2 is 0.565 bits per heavy atom. The lowest BCUT2D eigenvalue weighted by atomic mass is 10.0. The van der Waals surface area contributed by atoms with Gasteiger partial charge >= 0.3 is 5.97 Å². The van der Waals surface area contributed by atoms with E-state index in [1.165, 1.54) is 116 Å². The van der Waals surface area contributed by atoms with Crippen LogP contribution in [-0.4, -0.2) is 91.9 Å². The number of esters is 1. The first kappa shape index (κ1) is 45.2. The maximum atomic E-state index is 11.6. The average molecular weight is 661 g/mol. The summed E-state index contributed by atoms with van der Waals surface area (Å²) in [5.74, 6) is -0.134. The number of carbonyl (C=O) groups excluding carboxylic acids is 1. The van der Waals surface area contributed by atoms with Crippen molar-refractivity contribution in [3.05, 3.63) is 0 Å². The van der Waals surface area contributed by atoms with Gasteiger partial charge in [0.05, 0.1) is 72.7 Å².